The number of Topliss-reactive ketones (excluding diaryl/α,β-unsaturated/α-hetero) is 1. The fourth-order valence-electron chi connectivity index (χ4n) is 4.37. The lowest BCUT2D eigenvalue weighted by Crippen LogP contribution is -2.29. The predicted molar refractivity (Wildman–Crippen MR) is 155 cm³/mol. The Balaban J connectivity index is 1.58. The van der Waals surface area contributed by atoms with Crippen LogP contribution >= 0.6 is 34.7 Å². The number of halogens is 1. The van der Waals surface area contributed by atoms with Gasteiger partial charge in [-0.15, -0.1) is 10.2 Å². The second-order valence-electron chi connectivity index (χ2n) is 9.07. The third kappa shape index (κ3) is 5.23. The predicted octanol–water partition coefficient (Wildman–Crippen LogP) is 6.64. The molecule has 0 spiro atoms. The van der Waals surface area contributed by atoms with Gasteiger partial charge in [0.25, 0.3) is 11.5 Å². The van der Waals surface area contributed by atoms with Gasteiger partial charge in [-0.25, -0.2) is 0 Å². The second kappa shape index (κ2) is 11.2. The molecule has 202 valence electrons. The summed E-state index contributed by atoms with van der Waals surface area (Å²) in [5.41, 5.74) is 3.02. The maximum atomic E-state index is 13.4. The van der Waals surface area contributed by atoms with E-state index < -0.39 is 22.7 Å². The van der Waals surface area contributed by atoms with Gasteiger partial charge in [-0.05, 0) is 54.8 Å². The van der Waals surface area contributed by atoms with Crippen molar-refractivity contribution in [2.24, 2.45) is 0 Å². The number of carbonyl (C=O) groups is 2. The van der Waals surface area contributed by atoms with Crippen molar-refractivity contribution in [1.82, 2.24) is 10.2 Å². The Bertz CT molecular complexity index is 1690. The van der Waals surface area contributed by atoms with Crippen LogP contribution in [0.15, 0.2) is 76.6 Å². The number of thioether (sulfide) groups is 1. The lowest BCUT2D eigenvalue weighted by Gasteiger charge is -2.22. The Morgan fingerprint density at radius 2 is 1.82 bits per heavy atom. The van der Waals surface area contributed by atoms with Crippen molar-refractivity contribution < 1.29 is 19.6 Å². The molecule has 12 heteroatoms. The Kier molecular flexibility index (Phi) is 7.70. The van der Waals surface area contributed by atoms with E-state index in [0.717, 1.165) is 22.5 Å². The van der Waals surface area contributed by atoms with E-state index in [1.807, 2.05) is 37.3 Å². The van der Waals surface area contributed by atoms with E-state index in [9.17, 15) is 24.8 Å². The quantitative estimate of drug-likeness (QED) is 0.0481. The molecule has 1 amide bonds. The summed E-state index contributed by atoms with van der Waals surface area (Å²) in [7, 11) is 0. The first-order valence-electron chi connectivity index (χ1n) is 12.0. The molecular weight excluding hydrogens is 572 g/mol. The van der Waals surface area contributed by atoms with Gasteiger partial charge < -0.3 is 5.11 Å². The minimum Gasteiger partial charge on any atom is -0.507 e. The monoisotopic (exact) mass is 592 g/mol. The molecule has 0 aliphatic carbocycles. The summed E-state index contributed by atoms with van der Waals surface area (Å²) >= 11 is 8.76. The number of amides is 1. The zero-order valence-corrected chi connectivity index (χ0v) is 23.6. The van der Waals surface area contributed by atoms with E-state index in [4.69, 9.17) is 11.6 Å². The highest BCUT2D eigenvalue weighted by Gasteiger charge is 2.48. The van der Waals surface area contributed by atoms with Crippen LogP contribution in [0.4, 0.5) is 10.8 Å². The van der Waals surface area contributed by atoms with Crippen molar-refractivity contribution in [3.63, 3.8) is 0 Å². The van der Waals surface area contributed by atoms with Crippen LogP contribution in [0.3, 0.4) is 0 Å². The van der Waals surface area contributed by atoms with Gasteiger partial charge in [-0.2, -0.15) is 0 Å². The zero-order chi connectivity index (χ0) is 28.6. The maximum absolute atomic E-state index is 13.4. The standard InChI is InChI=1S/C28H21ClN4O5S2/c1-15-7-8-16(2)20(13-15)24(34)22-23(17-9-11-19(12-10-17)33(37)38)32(26(36)25(22)35)27-30-31-28(40-27)39-14-18-5-3-4-6-21(18)29/h3-13,23,34H,14H2,1-2H3. The summed E-state index contributed by atoms with van der Waals surface area (Å²) < 4.78 is 0.550. The topological polar surface area (TPSA) is 127 Å². The van der Waals surface area contributed by atoms with Crippen LogP contribution < -0.4 is 4.90 Å². The molecule has 1 aliphatic heterocycles. The van der Waals surface area contributed by atoms with Crippen LogP contribution in [0.25, 0.3) is 5.76 Å². The SMILES string of the molecule is Cc1ccc(C)c(C(O)=C2C(=O)C(=O)N(c3nnc(SCc4ccccc4Cl)s3)C2c2ccc([N+](=O)[O-])cc2)c1. The molecule has 0 saturated carbocycles. The van der Waals surface area contributed by atoms with Gasteiger partial charge in [-0.1, -0.05) is 70.6 Å². The molecule has 1 aromatic heterocycles. The number of aromatic nitrogens is 2. The number of nitrogens with zero attached hydrogens (tertiary/aromatic N) is 4. The first kappa shape index (κ1) is 27.5. The van der Waals surface area contributed by atoms with Crippen molar-refractivity contribution in [2.75, 3.05) is 4.90 Å². The van der Waals surface area contributed by atoms with E-state index in [2.05, 4.69) is 10.2 Å². The number of nitro groups is 1. The van der Waals surface area contributed by atoms with Crippen molar-refractivity contribution in [3.05, 3.63) is 115 Å². The molecule has 1 N–H and O–H groups in total. The smallest absolute Gasteiger partial charge is 0.301 e. The Morgan fingerprint density at radius 1 is 1.10 bits per heavy atom. The molecule has 1 saturated heterocycles. The minimum atomic E-state index is -1.07. The largest absolute Gasteiger partial charge is 0.507 e. The highest BCUT2D eigenvalue weighted by Crippen LogP contribution is 2.44. The second-order valence-corrected chi connectivity index (χ2v) is 11.7. The van der Waals surface area contributed by atoms with E-state index in [-0.39, 0.29) is 22.2 Å². The van der Waals surface area contributed by atoms with Gasteiger partial charge >= 0.3 is 5.91 Å². The number of carbonyl (C=O) groups excluding carboxylic acids is 2. The van der Waals surface area contributed by atoms with Crippen LogP contribution in [-0.2, 0) is 15.3 Å². The number of nitro benzene ring substituents is 1. The van der Waals surface area contributed by atoms with Crippen LogP contribution in [0.2, 0.25) is 5.02 Å². The van der Waals surface area contributed by atoms with Gasteiger partial charge in [0.15, 0.2) is 4.34 Å². The van der Waals surface area contributed by atoms with Gasteiger partial charge in [0.2, 0.25) is 5.13 Å². The first-order valence-corrected chi connectivity index (χ1v) is 14.2. The van der Waals surface area contributed by atoms with E-state index in [1.165, 1.54) is 40.9 Å². The molecule has 1 aliphatic rings. The van der Waals surface area contributed by atoms with Crippen LogP contribution in [0.1, 0.15) is 33.9 Å². The average Bonchev–Trinajstić information content (AvgIpc) is 3.51. The molecule has 0 radical (unpaired) electrons. The molecular formula is C28H21ClN4O5S2. The summed E-state index contributed by atoms with van der Waals surface area (Å²) in [6.07, 6.45) is 0. The van der Waals surface area contributed by atoms with Crippen molar-refractivity contribution in [2.45, 2.75) is 30.0 Å². The first-order chi connectivity index (χ1) is 19.2. The summed E-state index contributed by atoms with van der Waals surface area (Å²) in [5, 5.41) is 31.8. The highest BCUT2D eigenvalue weighted by atomic mass is 35.5. The molecule has 5 rings (SSSR count). The third-order valence-electron chi connectivity index (χ3n) is 6.42. The number of aryl methyl sites for hydroxylation is 2. The average molecular weight is 593 g/mol. The lowest BCUT2D eigenvalue weighted by atomic mass is 9.93. The normalized spacial score (nSPS) is 16.5. The molecule has 2 heterocycles. The Morgan fingerprint density at radius 3 is 2.52 bits per heavy atom. The Hall–Kier alpha value is -4.06. The maximum Gasteiger partial charge on any atom is 0.301 e. The Labute approximate surface area is 242 Å². The minimum absolute atomic E-state index is 0.131. The molecule has 1 fully saturated rings. The van der Waals surface area contributed by atoms with Crippen LogP contribution in [0, 0.1) is 24.0 Å². The zero-order valence-electron chi connectivity index (χ0n) is 21.2. The van der Waals surface area contributed by atoms with Crippen molar-refractivity contribution in [1.29, 1.82) is 0 Å². The van der Waals surface area contributed by atoms with Crippen LogP contribution in [-0.4, -0.2) is 31.9 Å². The molecule has 0 bridgehead atoms. The number of rotatable bonds is 7. The summed E-state index contributed by atoms with van der Waals surface area (Å²) in [6, 6.07) is 17.3. The van der Waals surface area contributed by atoms with Gasteiger partial charge in [0.05, 0.1) is 16.5 Å². The fourth-order valence-corrected chi connectivity index (χ4v) is 6.53. The third-order valence-corrected chi connectivity index (χ3v) is 8.90. The number of aliphatic hydroxyl groups excluding tert-OH is 1. The van der Waals surface area contributed by atoms with Crippen molar-refractivity contribution >= 4 is 63.0 Å². The molecule has 3 aromatic carbocycles. The fraction of sp³-hybridized carbons (Fsp3) is 0.143. The van der Waals surface area contributed by atoms with Crippen molar-refractivity contribution in [3.8, 4) is 0 Å². The van der Waals surface area contributed by atoms with E-state index in [0.29, 0.717) is 31.8 Å². The molecule has 1 atom stereocenters. The summed E-state index contributed by atoms with van der Waals surface area (Å²) in [5.74, 6) is -1.58. The molecule has 9 nitrogen and oxygen atoms in total. The summed E-state index contributed by atoms with van der Waals surface area (Å²) in [4.78, 5) is 38.8. The number of ketones is 1. The molecule has 40 heavy (non-hydrogen) atoms. The van der Waals surface area contributed by atoms with E-state index in [1.54, 1.807) is 19.1 Å². The highest BCUT2D eigenvalue weighted by molar-refractivity contribution is 8.00. The van der Waals surface area contributed by atoms with E-state index >= 15 is 0 Å². The number of aliphatic hydroxyl groups is 1. The number of non-ortho nitro benzene ring substituents is 1. The molecule has 4 aromatic rings. The van der Waals surface area contributed by atoms with Gasteiger partial charge in [-0.3, -0.25) is 24.6 Å². The number of benzene rings is 3. The van der Waals surface area contributed by atoms with Gasteiger partial charge in [0, 0.05) is 28.5 Å². The molecule has 1 unspecified atom stereocenters. The lowest BCUT2D eigenvalue weighted by molar-refractivity contribution is -0.384. The number of anilines is 1. The van der Waals surface area contributed by atoms with Gasteiger partial charge in [0.1, 0.15) is 5.76 Å². The summed E-state index contributed by atoms with van der Waals surface area (Å²) in [6.45, 7) is 3.64. The number of hydrogen-bond acceptors (Lipinski definition) is 9. The van der Waals surface area contributed by atoms with Crippen LogP contribution in [0.5, 0.6) is 0 Å². The number of hydrogen-bond donors (Lipinski definition) is 1.